The highest BCUT2D eigenvalue weighted by Gasteiger charge is 2.19. The maximum atomic E-state index is 6.27. The minimum atomic E-state index is 0.293. The lowest BCUT2D eigenvalue weighted by atomic mass is 10.1. The SMILES string of the molecule is CCCNCc1occc1-c1c(Cl)cc(Cl)c(Cl)c1Cl. The smallest absolute Gasteiger partial charge is 0.125 e. The van der Waals surface area contributed by atoms with E-state index in [2.05, 4.69) is 12.2 Å². The minimum Gasteiger partial charge on any atom is -0.467 e. The number of hydrogen-bond donors (Lipinski definition) is 1. The van der Waals surface area contributed by atoms with Crippen LogP contribution in [0.15, 0.2) is 22.8 Å². The van der Waals surface area contributed by atoms with Crippen LogP contribution in [0.25, 0.3) is 11.1 Å². The maximum Gasteiger partial charge on any atom is 0.125 e. The highest BCUT2D eigenvalue weighted by Crippen LogP contribution is 2.44. The Bertz CT molecular complexity index is 609. The van der Waals surface area contributed by atoms with Gasteiger partial charge in [-0.2, -0.15) is 0 Å². The number of hydrogen-bond acceptors (Lipinski definition) is 2. The van der Waals surface area contributed by atoms with Gasteiger partial charge in [-0.3, -0.25) is 0 Å². The van der Waals surface area contributed by atoms with Crippen molar-refractivity contribution in [2.24, 2.45) is 0 Å². The van der Waals surface area contributed by atoms with Gasteiger partial charge in [-0.1, -0.05) is 53.3 Å². The van der Waals surface area contributed by atoms with Crippen molar-refractivity contribution in [3.05, 3.63) is 44.2 Å². The Hall–Kier alpha value is -0.380. The minimum absolute atomic E-state index is 0.293. The fourth-order valence-electron chi connectivity index (χ4n) is 1.89. The number of rotatable bonds is 5. The van der Waals surface area contributed by atoms with Gasteiger partial charge in [0.25, 0.3) is 0 Å². The molecule has 0 fully saturated rings. The van der Waals surface area contributed by atoms with Gasteiger partial charge in [0.2, 0.25) is 0 Å². The lowest BCUT2D eigenvalue weighted by Gasteiger charge is -2.10. The van der Waals surface area contributed by atoms with Crippen LogP contribution in [0.3, 0.4) is 0 Å². The van der Waals surface area contributed by atoms with Crippen LogP contribution in [0.2, 0.25) is 20.1 Å². The molecule has 2 aromatic rings. The van der Waals surface area contributed by atoms with E-state index < -0.39 is 0 Å². The van der Waals surface area contributed by atoms with Gasteiger partial charge in [-0.05, 0) is 25.1 Å². The summed E-state index contributed by atoms with van der Waals surface area (Å²) < 4.78 is 5.49. The maximum absolute atomic E-state index is 6.27. The van der Waals surface area contributed by atoms with E-state index in [0.717, 1.165) is 24.3 Å². The molecule has 6 heteroatoms. The monoisotopic (exact) mass is 351 g/mol. The van der Waals surface area contributed by atoms with E-state index in [-0.39, 0.29) is 0 Å². The van der Waals surface area contributed by atoms with Crippen molar-refractivity contribution in [3.8, 4) is 11.1 Å². The van der Waals surface area contributed by atoms with Gasteiger partial charge in [-0.25, -0.2) is 0 Å². The van der Waals surface area contributed by atoms with Crippen LogP contribution in [0, 0.1) is 0 Å². The standard InChI is InChI=1S/C14H13Cl4NO/c1-2-4-19-7-11-8(3-5-20-11)12-9(15)6-10(16)13(17)14(12)18/h3,5-6,19H,2,4,7H2,1H3. The third-order valence-corrected chi connectivity index (χ3v) is 4.40. The van der Waals surface area contributed by atoms with E-state index in [1.54, 1.807) is 12.3 Å². The van der Waals surface area contributed by atoms with Gasteiger partial charge in [0, 0.05) is 11.1 Å². The van der Waals surface area contributed by atoms with Crippen LogP contribution in [0.1, 0.15) is 19.1 Å². The molecule has 108 valence electrons. The van der Waals surface area contributed by atoms with Crippen molar-refractivity contribution in [3.63, 3.8) is 0 Å². The van der Waals surface area contributed by atoms with Crippen molar-refractivity contribution >= 4 is 46.4 Å². The summed E-state index contributed by atoms with van der Waals surface area (Å²) in [6, 6.07) is 3.41. The highest BCUT2D eigenvalue weighted by atomic mass is 35.5. The van der Waals surface area contributed by atoms with Gasteiger partial charge < -0.3 is 9.73 Å². The normalized spacial score (nSPS) is 11.1. The molecule has 0 saturated carbocycles. The van der Waals surface area contributed by atoms with E-state index >= 15 is 0 Å². The van der Waals surface area contributed by atoms with Gasteiger partial charge in [0.05, 0.1) is 32.9 Å². The molecule has 2 rings (SSSR count). The van der Waals surface area contributed by atoms with Gasteiger partial charge >= 0.3 is 0 Å². The topological polar surface area (TPSA) is 25.2 Å². The van der Waals surface area contributed by atoms with Crippen molar-refractivity contribution in [2.75, 3.05) is 6.54 Å². The Labute approximate surface area is 138 Å². The average Bonchev–Trinajstić information content (AvgIpc) is 2.85. The Morgan fingerprint density at radius 3 is 2.55 bits per heavy atom. The van der Waals surface area contributed by atoms with E-state index in [1.807, 2.05) is 6.07 Å². The Morgan fingerprint density at radius 1 is 1.10 bits per heavy atom. The van der Waals surface area contributed by atoms with E-state index in [9.17, 15) is 0 Å². The molecule has 0 aliphatic carbocycles. The fourth-order valence-corrected chi connectivity index (χ4v) is 3.01. The molecule has 0 saturated heterocycles. The first-order valence-electron chi connectivity index (χ1n) is 6.16. The summed E-state index contributed by atoms with van der Waals surface area (Å²) in [5.74, 6) is 0.764. The number of halogens is 4. The van der Waals surface area contributed by atoms with E-state index in [1.165, 1.54) is 0 Å². The number of furan rings is 1. The van der Waals surface area contributed by atoms with Crippen LogP contribution in [-0.4, -0.2) is 6.54 Å². The lowest BCUT2D eigenvalue weighted by Crippen LogP contribution is -2.13. The summed E-state index contributed by atoms with van der Waals surface area (Å²) in [6.45, 7) is 3.61. The summed E-state index contributed by atoms with van der Waals surface area (Å²) in [5, 5.41) is 4.68. The van der Waals surface area contributed by atoms with Crippen LogP contribution in [0.5, 0.6) is 0 Å². The third-order valence-electron chi connectivity index (χ3n) is 2.84. The molecule has 1 N–H and O–H groups in total. The zero-order chi connectivity index (χ0) is 14.7. The summed E-state index contributed by atoms with van der Waals surface area (Å²) in [7, 11) is 0. The summed E-state index contributed by atoms with van der Waals surface area (Å²) in [6.07, 6.45) is 2.65. The second kappa shape index (κ2) is 7.06. The number of benzene rings is 1. The van der Waals surface area contributed by atoms with Gasteiger partial charge in [0.15, 0.2) is 0 Å². The zero-order valence-corrected chi connectivity index (χ0v) is 13.8. The van der Waals surface area contributed by atoms with Crippen LogP contribution < -0.4 is 5.32 Å². The number of nitrogens with one attached hydrogen (secondary N) is 1. The van der Waals surface area contributed by atoms with Crippen molar-refractivity contribution in [1.29, 1.82) is 0 Å². The molecule has 1 heterocycles. The summed E-state index contributed by atoms with van der Waals surface area (Å²) in [5.41, 5.74) is 1.46. The van der Waals surface area contributed by atoms with E-state index in [4.69, 9.17) is 50.8 Å². The largest absolute Gasteiger partial charge is 0.467 e. The molecule has 0 aliphatic rings. The quantitative estimate of drug-likeness (QED) is 0.402. The molecule has 1 aromatic heterocycles. The Kier molecular flexibility index (Phi) is 5.65. The second-order valence-electron chi connectivity index (χ2n) is 4.28. The second-order valence-corrected chi connectivity index (χ2v) is 5.85. The molecule has 0 unspecified atom stereocenters. The fraction of sp³-hybridized carbons (Fsp3) is 0.286. The van der Waals surface area contributed by atoms with Gasteiger partial charge in [-0.15, -0.1) is 0 Å². The molecule has 0 atom stereocenters. The first kappa shape index (κ1) is 16.0. The summed E-state index contributed by atoms with van der Waals surface area (Å²) in [4.78, 5) is 0. The molecule has 20 heavy (non-hydrogen) atoms. The zero-order valence-electron chi connectivity index (χ0n) is 10.8. The first-order chi connectivity index (χ1) is 9.56. The van der Waals surface area contributed by atoms with Crippen molar-refractivity contribution in [2.45, 2.75) is 19.9 Å². The van der Waals surface area contributed by atoms with E-state index in [0.29, 0.717) is 32.2 Å². The molecule has 2 nitrogen and oxygen atoms in total. The van der Waals surface area contributed by atoms with Crippen molar-refractivity contribution in [1.82, 2.24) is 5.32 Å². The lowest BCUT2D eigenvalue weighted by molar-refractivity contribution is 0.484. The Balaban J connectivity index is 2.42. The molecule has 0 aliphatic heterocycles. The van der Waals surface area contributed by atoms with Crippen LogP contribution >= 0.6 is 46.4 Å². The molecule has 0 amide bonds. The summed E-state index contributed by atoms with van der Waals surface area (Å²) >= 11 is 24.5. The van der Waals surface area contributed by atoms with Crippen LogP contribution in [0.4, 0.5) is 0 Å². The van der Waals surface area contributed by atoms with Crippen molar-refractivity contribution < 1.29 is 4.42 Å². The molecule has 0 spiro atoms. The highest BCUT2D eigenvalue weighted by molar-refractivity contribution is 6.51. The molecule has 1 aromatic carbocycles. The third kappa shape index (κ3) is 3.26. The molecular formula is C14H13Cl4NO. The Morgan fingerprint density at radius 2 is 1.85 bits per heavy atom. The average molecular weight is 353 g/mol. The predicted octanol–water partition coefficient (Wildman–Crippen LogP) is 6.06. The van der Waals surface area contributed by atoms with Crippen LogP contribution in [-0.2, 0) is 6.54 Å². The molecular weight excluding hydrogens is 340 g/mol. The molecule has 0 radical (unpaired) electrons. The predicted molar refractivity (Wildman–Crippen MR) is 86.2 cm³/mol. The van der Waals surface area contributed by atoms with Gasteiger partial charge in [0.1, 0.15) is 5.76 Å². The molecule has 0 bridgehead atoms. The first-order valence-corrected chi connectivity index (χ1v) is 7.67.